The van der Waals surface area contributed by atoms with E-state index in [1.807, 2.05) is 0 Å². The van der Waals surface area contributed by atoms with Gasteiger partial charge in [0, 0.05) is 0 Å². The van der Waals surface area contributed by atoms with Gasteiger partial charge in [-0.2, -0.15) is 0 Å². The summed E-state index contributed by atoms with van der Waals surface area (Å²) in [5.74, 6) is -1.16. The fourth-order valence-electron chi connectivity index (χ4n) is 16.7. The van der Waals surface area contributed by atoms with E-state index in [-0.39, 0.29) is 34.0 Å². The summed E-state index contributed by atoms with van der Waals surface area (Å²) >= 11 is 0. The molecular weight excluding hydrogens is 1030 g/mol. The van der Waals surface area contributed by atoms with Crippen molar-refractivity contribution in [2.24, 2.45) is 50.2 Å². The lowest BCUT2D eigenvalue weighted by molar-refractivity contribution is -0.405. The predicted molar refractivity (Wildman–Crippen MR) is 265 cm³/mol. The number of fused-ring (bicyclic) bond motifs is 7. The van der Waals surface area contributed by atoms with Gasteiger partial charge >= 0.3 is 5.97 Å². The van der Waals surface area contributed by atoms with Gasteiger partial charge in [0.05, 0.1) is 38.6 Å². The first-order chi connectivity index (χ1) is 36.5. The van der Waals surface area contributed by atoms with E-state index < -0.39 is 184 Å². The molecule has 4 saturated heterocycles. The van der Waals surface area contributed by atoms with Gasteiger partial charge in [-0.15, -0.1) is 0 Å². The highest BCUT2D eigenvalue weighted by Gasteiger charge is 2.72. The molecule has 4 aliphatic heterocycles. The van der Waals surface area contributed by atoms with Crippen LogP contribution in [-0.4, -0.2) is 244 Å². The minimum Gasteiger partial charge on any atom is -0.481 e. The third-order valence-corrected chi connectivity index (χ3v) is 21.5. The molecule has 78 heavy (non-hydrogen) atoms. The minimum absolute atomic E-state index is 0.00597. The minimum atomic E-state index is -2.10. The van der Waals surface area contributed by atoms with Crippen LogP contribution in [0.25, 0.3) is 0 Å². The molecule has 4 saturated carbocycles. The maximum absolute atomic E-state index is 13.3. The van der Waals surface area contributed by atoms with Gasteiger partial charge in [-0.05, 0) is 103 Å². The number of allylic oxidation sites excluding steroid dienone is 2. The first kappa shape index (κ1) is 60.9. The van der Waals surface area contributed by atoms with E-state index >= 15 is 0 Å². The van der Waals surface area contributed by atoms with Crippen molar-refractivity contribution in [1.29, 1.82) is 0 Å². The largest absolute Gasteiger partial charge is 0.481 e. The molecule has 0 bridgehead atoms. The fourth-order valence-corrected chi connectivity index (χ4v) is 16.7. The van der Waals surface area contributed by atoms with Crippen molar-refractivity contribution in [1.82, 2.24) is 0 Å². The molecule has 8 fully saturated rings. The number of rotatable bonds is 13. The van der Waals surface area contributed by atoms with E-state index in [9.17, 15) is 81.4 Å². The average Bonchev–Trinajstić information content (AvgIpc) is 3.52. The summed E-state index contributed by atoms with van der Waals surface area (Å²) in [5, 5.41) is 164. The molecule has 9 aliphatic rings. The second-order valence-electron chi connectivity index (χ2n) is 26.4. The molecule has 4 heterocycles. The van der Waals surface area contributed by atoms with Crippen LogP contribution >= 0.6 is 0 Å². The Labute approximate surface area is 453 Å². The van der Waals surface area contributed by atoms with E-state index in [1.165, 1.54) is 0 Å². The Bertz CT molecular complexity index is 2150. The zero-order valence-electron chi connectivity index (χ0n) is 45.6. The summed E-state index contributed by atoms with van der Waals surface area (Å²) in [7, 11) is 0. The van der Waals surface area contributed by atoms with Crippen LogP contribution in [0, 0.1) is 50.2 Å². The van der Waals surface area contributed by atoms with Crippen LogP contribution in [0.5, 0.6) is 0 Å². The molecule has 0 amide bonds. The van der Waals surface area contributed by atoms with Crippen molar-refractivity contribution >= 4 is 5.97 Å². The number of carboxylic acid groups (broad SMARTS) is 1. The molecule has 0 spiro atoms. The molecule has 0 radical (unpaired) electrons. The highest BCUT2D eigenvalue weighted by Crippen LogP contribution is 2.76. The van der Waals surface area contributed by atoms with Gasteiger partial charge < -0.3 is 114 Å². The molecule has 29 atom stereocenters. The van der Waals surface area contributed by atoms with E-state index in [4.69, 9.17) is 37.9 Å². The lowest BCUT2D eigenvalue weighted by Gasteiger charge is -2.71. The zero-order valence-corrected chi connectivity index (χ0v) is 45.6. The van der Waals surface area contributed by atoms with Gasteiger partial charge in [-0.1, -0.05) is 60.1 Å². The second-order valence-corrected chi connectivity index (χ2v) is 26.4. The van der Waals surface area contributed by atoms with Gasteiger partial charge in [0.1, 0.15) is 103 Å². The SMILES string of the molecule is CC1(C)CC[C@]2(C(=O)O)[C@H](O)C[C@]3(C)C(=CC[C@@H]4[C@@]5(C)CC[C@H](O[C@@H]6O[C@H](CO)[C@@H](O)[C@H](O[C@@H]7O[C@H](CO)[C@@H](O)[C@H](O[C@@H]8O[C@H](CO)[C@@H](O)[C@H](O)[C@H]8O)[C@H]7O)[C@H]6O[C@@H]6O[C@@H](CO)[C@@H](O)[C@@H](O)C6O)C(C)(C)[C@@H]5CC[C@]43C)[C@@H]2C1. The van der Waals surface area contributed by atoms with Crippen molar-refractivity contribution in [3.8, 4) is 0 Å². The Morgan fingerprint density at radius 3 is 1.55 bits per heavy atom. The topological polar surface area (TPSA) is 394 Å². The zero-order chi connectivity index (χ0) is 57.1. The smallest absolute Gasteiger partial charge is 0.312 e. The van der Waals surface area contributed by atoms with Crippen LogP contribution in [0.2, 0.25) is 0 Å². The Morgan fingerprint density at radius 1 is 0.526 bits per heavy atom. The number of aliphatic carboxylic acids is 1. The van der Waals surface area contributed by atoms with Crippen LogP contribution in [0.1, 0.15) is 106 Å². The molecule has 5 aliphatic carbocycles. The maximum atomic E-state index is 13.3. The number of hydrogen-bond acceptors (Lipinski definition) is 23. The lowest BCUT2D eigenvalue weighted by Crippen LogP contribution is -2.69. The van der Waals surface area contributed by atoms with E-state index in [1.54, 1.807) is 0 Å². The first-order valence-corrected chi connectivity index (χ1v) is 27.9. The van der Waals surface area contributed by atoms with Crippen LogP contribution in [0.15, 0.2) is 11.6 Å². The van der Waals surface area contributed by atoms with Crippen LogP contribution < -0.4 is 0 Å². The lowest BCUT2D eigenvalue weighted by atomic mass is 9.33. The first-order valence-electron chi connectivity index (χ1n) is 27.9. The summed E-state index contributed by atoms with van der Waals surface area (Å²) in [5.41, 5.74) is -2.03. The summed E-state index contributed by atoms with van der Waals surface area (Å²) in [6.07, 6.45) is -30.2. The summed E-state index contributed by atoms with van der Waals surface area (Å²) in [6.45, 7) is 12.0. The quantitative estimate of drug-likeness (QED) is 0.0670. The summed E-state index contributed by atoms with van der Waals surface area (Å²) in [6, 6.07) is 0. The van der Waals surface area contributed by atoms with Crippen LogP contribution in [0.3, 0.4) is 0 Å². The Morgan fingerprint density at radius 2 is 1.01 bits per heavy atom. The number of ether oxygens (including phenoxy) is 8. The van der Waals surface area contributed by atoms with Gasteiger partial charge in [0.15, 0.2) is 25.2 Å². The Balaban J connectivity index is 1.02. The van der Waals surface area contributed by atoms with Crippen molar-refractivity contribution in [3.05, 3.63) is 11.6 Å². The number of aliphatic hydroxyl groups is 14. The van der Waals surface area contributed by atoms with Crippen molar-refractivity contribution in [2.75, 3.05) is 26.4 Å². The van der Waals surface area contributed by atoms with E-state index in [0.717, 1.165) is 18.4 Å². The highest BCUT2D eigenvalue weighted by atomic mass is 16.8. The Hall–Kier alpha value is -1.67. The van der Waals surface area contributed by atoms with Gasteiger partial charge in [-0.3, -0.25) is 4.79 Å². The standard InChI is InChI=1S/C54H88O24/c1-49(2)14-15-54(48(69)70)23(16-49)22-8-9-29-51(5)12-11-31(50(3,4)28(51)10-13-52(29,6)53(22,7)17-30(54)59)75-47-43(78-45-39(67)37(65)33(61)25(19-56)72-45)42(35(63)27(21-58)74-47)77-46-40(68)41(34(62)26(20-57)73-46)76-44-38(66)36(64)32(60)24(18-55)71-44/h8,23-47,55-68H,9-21H2,1-7H3,(H,69,70)/t23-,24+,25-,26+,27+,28-,29+,30+,31-,32+,33+,34+,35+,36-,37+,38+,39?,40+,41-,42-,43+,44-,45-,46-,47-,51-,52+,53+,54+/m0/s1. The summed E-state index contributed by atoms with van der Waals surface area (Å²) < 4.78 is 48.9. The molecule has 0 aromatic carbocycles. The number of carbonyl (C=O) groups is 1. The van der Waals surface area contributed by atoms with Crippen molar-refractivity contribution in [2.45, 2.75) is 241 Å². The van der Waals surface area contributed by atoms with Crippen LogP contribution in [-0.2, 0) is 42.7 Å². The predicted octanol–water partition coefficient (Wildman–Crippen LogP) is -2.50. The normalized spacial score (nSPS) is 53.9. The second kappa shape index (κ2) is 22.1. The van der Waals surface area contributed by atoms with Crippen molar-refractivity contribution < 1.29 is 119 Å². The third kappa shape index (κ3) is 9.67. The molecule has 24 heteroatoms. The number of hydrogen-bond donors (Lipinski definition) is 15. The fraction of sp³-hybridized carbons (Fsp3) is 0.944. The van der Waals surface area contributed by atoms with Gasteiger partial charge in [0.2, 0.25) is 0 Å². The highest BCUT2D eigenvalue weighted by molar-refractivity contribution is 5.77. The summed E-state index contributed by atoms with van der Waals surface area (Å²) in [4.78, 5) is 13.3. The van der Waals surface area contributed by atoms with E-state index in [0.29, 0.717) is 44.9 Å². The molecule has 448 valence electrons. The number of carboxylic acids is 1. The molecule has 0 aromatic heterocycles. The number of aliphatic hydroxyl groups excluding tert-OH is 14. The van der Waals surface area contributed by atoms with E-state index in [2.05, 4.69) is 54.5 Å². The van der Waals surface area contributed by atoms with Crippen LogP contribution in [0.4, 0.5) is 0 Å². The third-order valence-electron chi connectivity index (χ3n) is 21.5. The van der Waals surface area contributed by atoms with Gasteiger partial charge in [0.25, 0.3) is 0 Å². The molecular formula is C54H88O24. The maximum Gasteiger partial charge on any atom is 0.312 e. The molecule has 24 nitrogen and oxygen atoms in total. The molecule has 1 unspecified atom stereocenters. The van der Waals surface area contributed by atoms with Crippen molar-refractivity contribution in [3.63, 3.8) is 0 Å². The monoisotopic (exact) mass is 1120 g/mol. The molecule has 15 N–H and O–H groups in total. The molecule has 9 rings (SSSR count). The Kier molecular flexibility index (Phi) is 17.2. The van der Waals surface area contributed by atoms with Gasteiger partial charge in [-0.25, -0.2) is 0 Å². The average molecular weight is 1120 g/mol. The molecule has 0 aromatic rings.